The monoisotopic (exact) mass is 274 g/mol. The minimum atomic E-state index is 0.381. The average Bonchev–Trinajstić information content (AvgIpc) is 3.16. The molecule has 1 N–H and O–H groups in total. The molecule has 2 atom stereocenters. The zero-order valence-corrected chi connectivity index (χ0v) is 12.6. The normalized spacial score (nSPS) is 25.9. The van der Waals surface area contributed by atoms with E-state index in [0.29, 0.717) is 12.2 Å². The molecule has 3 heteroatoms. The zero-order chi connectivity index (χ0) is 13.9. The Morgan fingerprint density at radius 1 is 1.20 bits per heavy atom. The lowest BCUT2D eigenvalue weighted by atomic mass is 10.1. The number of benzene rings is 1. The van der Waals surface area contributed by atoms with Gasteiger partial charge in [0.25, 0.3) is 0 Å². The fraction of sp³-hybridized carbons (Fsp3) is 0.647. The molecular formula is C17H26N2O. The van der Waals surface area contributed by atoms with E-state index in [9.17, 15) is 0 Å². The molecule has 1 saturated heterocycles. The Morgan fingerprint density at radius 3 is 2.75 bits per heavy atom. The summed E-state index contributed by atoms with van der Waals surface area (Å²) in [4.78, 5) is 2.31. The quantitative estimate of drug-likeness (QED) is 0.863. The van der Waals surface area contributed by atoms with Crippen LogP contribution in [0.25, 0.3) is 0 Å². The predicted molar refractivity (Wildman–Crippen MR) is 83.4 cm³/mol. The number of nitrogens with one attached hydrogen (secondary N) is 1. The minimum Gasteiger partial charge on any atom is -0.372 e. The summed E-state index contributed by atoms with van der Waals surface area (Å²) in [6.07, 6.45) is 5.90. The van der Waals surface area contributed by atoms with E-state index in [1.807, 2.05) is 0 Å². The van der Waals surface area contributed by atoms with Crippen LogP contribution in [0.15, 0.2) is 24.3 Å². The first-order valence-electron chi connectivity index (χ1n) is 7.87. The zero-order valence-electron chi connectivity index (χ0n) is 12.6. The first-order valence-corrected chi connectivity index (χ1v) is 7.87. The Balaban J connectivity index is 1.45. The number of nitrogens with zero attached hydrogens (tertiary/aromatic N) is 1. The van der Waals surface area contributed by atoms with Crippen molar-refractivity contribution in [1.29, 1.82) is 0 Å². The Hall–Kier alpha value is -1.06. The lowest BCUT2D eigenvalue weighted by Crippen LogP contribution is -2.32. The maximum absolute atomic E-state index is 6.16. The van der Waals surface area contributed by atoms with Crippen molar-refractivity contribution < 1.29 is 4.74 Å². The van der Waals surface area contributed by atoms with Gasteiger partial charge in [-0.2, -0.15) is 0 Å². The second-order valence-corrected chi connectivity index (χ2v) is 6.36. The highest BCUT2D eigenvalue weighted by atomic mass is 16.5. The highest BCUT2D eigenvalue weighted by molar-refractivity contribution is 5.47. The van der Waals surface area contributed by atoms with Gasteiger partial charge in [-0.3, -0.25) is 0 Å². The molecule has 1 heterocycles. The molecular weight excluding hydrogens is 248 g/mol. The van der Waals surface area contributed by atoms with Gasteiger partial charge in [0, 0.05) is 31.9 Å². The second-order valence-electron chi connectivity index (χ2n) is 6.36. The maximum Gasteiger partial charge on any atom is 0.0755 e. The molecule has 0 spiro atoms. The number of ether oxygens (including phenoxy) is 1. The summed E-state index contributed by atoms with van der Waals surface area (Å²) in [6, 6.07) is 9.46. The molecule has 1 saturated carbocycles. The molecule has 2 unspecified atom stereocenters. The van der Waals surface area contributed by atoms with E-state index in [2.05, 4.69) is 48.5 Å². The fourth-order valence-corrected chi connectivity index (χ4v) is 2.93. The van der Waals surface area contributed by atoms with Crippen LogP contribution in [0.2, 0.25) is 0 Å². The summed E-state index contributed by atoms with van der Waals surface area (Å²) in [6.45, 7) is 4.17. The molecule has 3 rings (SSSR count). The molecule has 0 amide bonds. The standard InChI is InChI=1S/C17H26N2O/c1-13-4-3-5-15(10-13)19(2)12-17-9-8-16(20-17)11-18-14-6-7-14/h3-5,10,14,16-18H,6-9,11-12H2,1-2H3. The molecule has 2 fully saturated rings. The molecule has 20 heavy (non-hydrogen) atoms. The van der Waals surface area contributed by atoms with Gasteiger partial charge >= 0.3 is 0 Å². The Bertz CT molecular complexity index is 444. The summed E-state index contributed by atoms with van der Waals surface area (Å²) in [5, 5.41) is 3.57. The van der Waals surface area contributed by atoms with Gasteiger partial charge in [-0.15, -0.1) is 0 Å². The molecule has 1 aromatic rings. The average molecular weight is 274 g/mol. The summed E-state index contributed by atoms with van der Waals surface area (Å²) < 4.78 is 6.16. The Morgan fingerprint density at radius 2 is 2.00 bits per heavy atom. The van der Waals surface area contributed by atoms with E-state index < -0.39 is 0 Å². The molecule has 1 aliphatic heterocycles. The third kappa shape index (κ3) is 3.74. The largest absolute Gasteiger partial charge is 0.372 e. The molecule has 3 nitrogen and oxygen atoms in total. The van der Waals surface area contributed by atoms with Crippen LogP contribution in [0.4, 0.5) is 5.69 Å². The SMILES string of the molecule is Cc1cccc(N(C)CC2CCC(CNC3CC3)O2)c1. The van der Waals surface area contributed by atoms with Gasteiger partial charge in [0.1, 0.15) is 0 Å². The van der Waals surface area contributed by atoms with E-state index >= 15 is 0 Å². The van der Waals surface area contributed by atoms with E-state index in [1.54, 1.807) is 0 Å². The van der Waals surface area contributed by atoms with Gasteiger partial charge in [0.2, 0.25) is 0 Å². The number of aryl methyl sites for hydroxylation is 1. The van der Waals surface area contributed by atoms with E-state index in [1.165, 1.54) is 36.9 Å². The van der Waals surface area contributed by atoms with Gasteiger partial charge < -0.3 is 15.0 Å². The third-order valence-electron chi connectivity index (χ3n) is 4.33. The fourth-order valence-electron chi connectivity index (χ4n) is 2.93. The highest BCUT2D eigenvalue weighted by Gasteiger charge is 2.28. The summed E-state index contributed by atoms with van der Waals surface area (Å²) >= 11 is 0. The smallest absolute Gasteiger partial charge is 0.0755 e. The van der Waals surface area contributed by atoms with E-state index in [-0.39, 0.29) is 0 Å². The Kier molecular flexibility index (Phi) is 4.27. The maximum atomic E-state index is 6.16. The van der Waals surface area contributed by atoms with Gasteiger partial charge in [0.05, 0.1) is 12.2 Å². The molecule has 110 valence electrons. The van der Waals surface area contributed by atoms with Crippen LogP contribution in [0.5, 0.6) is 0 Å². The highest BCUT2D eigenvalue weighted by Crippen LogP contribution is 2.24. The van der Waals surface area contributed by atoms with Crippen molar-refractivity contribution in [3.05, 3.63) is 29.8 Å². The van der Waals surface area contributed by atoms with Crippen molar-refractivity contribution in [2.75, 3.05) is 25.0 Å². The van der Waals surface area contributed by atoms with Crippen LogP contribution in [0, 0.1) is 6.92 Å². The molecule has 0 radical (unpaired) electrons. The molecule has 0 aromatic heterocycles. The van der Waals surface area contributed by atoms with Crippen molar-refractivity contribution in [2.45, 2.75) is 50.9 Å². The van der Waals surface area contributed by atoms with Crippen molar-refractivity contribution >= 4 is 5.69 Å². The summed E-state index contributed by atoms with van der Waals surface area (Å²) in [5.41, 5.74) is 2.60. The number of rotatable bonds is 6. The van der Waals surface area contributed by atoms with Gasteiger partial charge in [-0.25, -0.2) is 0 Å². The lowest BCUT2D eigenvalue weighted by Gasteiger charge is -2.24. The number of hydrogen-bond acceptors (Lipinski definition) is 3. The minimum absolute atomic E-state index is 0.381. The second kappa shape index (κ2) is 6.15. The van der Waals surface area contributed by atoms with Gasteiger partial charge in [-0.05, 0) is 50.3 Å². The van der Waals surface area contributed by atoms with Crippen LogP contribution in [0.3, 0.4) is 0 Å². The molecule has 1 aromatic carbocycles. The van der Waals surface area contributed by atoms with Crippen LogP contribution >= 0.6 is 0 Å². The van der Waals surface area contributed by atoms with Crippen molar-refractivity contribution in [3.8, 4) is 0 Å². The molecule has 0 bridgehead atoms. The predicted octanol–water partition coefficient (Wildman–Crippen LogP) is 2.73. The summed E-state index contributed by atoms with van der Waals surface area (Å²) in [7, 11) is 2.16. The number of hydrogen-bond donors (Lipinski definition) is 1. The van der Waals surface area contributed by atoms with Crippen LogP contribution in [0.1, 0.15) is 31.2 Å². The molecule has 2 aliphatic rings. The van der Waals surface area contributed by atoms with E-state index in [4.69, 9.17) is 4.74 Å². The number of likely N-dealkylation sites (N-methyl/N-ethyl adjacent to an activating group) is 1. The third-order valence-corrected chi connectivity index (χ3v) is 4.33. The van der Waals surface area contributed by atoms with Crippen LogP contribution in [-0.2, 0) is 4.74 Å². The van der Waals surface area contributed by atoms with Crippen molar-refractivity contribution in [3.63, 3.8) is 0 Å². The van der Waals surface area contributed by atoms with Crippen LogP contribution < -0.4 is 10.2 Å². The lowest BCUT2D eigenvalue weighted by molar-refractivity contribution is 0.0498. The first-order chi connectivity index (χ1) is 9.70. The molecule has 1 aliphatic carbocycles. The first kappa shape index (κ1) is 13.9. The van der Waals surface area contributed by atoms with Crippen molar-refractivity contribution in [1.82, 2.24) is 5.32 Å². The van der Waals surface area contributed by atoms with E-state index in [0.717, 1.165) is 19.1 Å². The van der Waals surface area contributed by atoms with Gasteiger partial charge in [-0.1, -0.05) is 12.1 Å². The summed E-state index contributed by atoms with van der Waals surface area (Å²) in [5.74, 6) is 0. The number of anilines is 1. The topological polar surface area (TPSA) is 24.5 Å². The van der Waals surface area contributed by atoms with Crippen molar-refractivity contribution in [2.24, 2.45) is 0 Å². The Labute approximate surface area is 122 Å². The van der Waals surface area contributed by atoms with Crippen LogP contribution in [-0.4, -0.2) is 38.4 Å². The van der Waals surface area contributed by atoms with Gasteiger partial charge in [0.15, 0.2) is 0 Å².